The van der Waals surface area contributed by atoms with Crippen LogP contribution in [-0.4, -0.2) is 46.0 Å². The third-order valence-corrected chi connectivity index (χ3v) is 2.39. The van der Waals surface area contributed by atoms with Gasteiger partial charge in [0.25, 0.3) is 5.78 Å². The van der Waals surface area contributed by atoms with Crippen LogP contribution in [0.2, 0.25) is 0 Å². The fourth-order valence-electron chi connectivity index (χ4n) is 1.72. The summed E-state index contributed by atoms with van der Waals surface area (Å²) in [6, 6.07) is -0.887. The van der Waals surface area contributed by atoms with Gasteiger partial charge < -0.3 is 9.84 Å². The molecular weight excluding hydrogens is 226 g/mol. The van der Waals surface area contributed by atoms with Crippen molar-refractivity contribution in [2.24, 2.45) is 0 Å². The predicted octanol–water partition coefficient (Wildman–Crippen LogP) is 1.04. The van der Waals surface area contributed by atoms with Crippen molar-refractivity contribution >= 4 is 17.8 Å². The fourth-order valence-corrected chi connectivity index (χ4v) is 1.72. The van der Waals surface area contributed by atoms with Gasteiger partial charge in [0.2, 0.25) is 0 Å². The fraction of sp³-hybridized carbons (Fsp3) is 0.727. The van der Waals surface area contributed by atoms with E-state index < -0.39 is 29.5 Å². The zero-order valence-corrected chi connectivity index (χ0v) is 10.2. The van der Waals surface area contributed by atoms with Crippen LogP contribution in [-0.2, 0) is 14.3 Å². The number of carboxylic acid groups (broad SMARTS) is 1. The lowest BCUT2D eigenvalue weighted by Crippen LogP contribution is -2.45. The van der Waals surface area contributed by atoms with Crippen molar-refractivity contribution in [2.45, 2.75) is 45.3 Å². The Kier molecular flexibility index (Phi) is 3.75. The van der Waals surface area contributed by atoms with Gasteiger partial charge in [0.05, 0.1) is 0 Å². The molecule has 0 radical (unpaired) electrons. The first-order chi connectivity index (χ1) is 7.72. The van der Waals surface area contributed by atoms with Crippen LogP contribution in [0.4, 0.5) is 4.79 Å². The van der Waals surface area contributed by atoms with Gasteiger partial charge in [0, 0.05) is 6.54 Å². The van der Waals surface area contributed by atoms with Crippen LogP contribution in [0.25, 0.3) is 0 Å². The number of hydrogen-bond donors (Lipinski definition) is 1. The van der Waals surface area contributed by atoms with Crippen molar-refractivity contribution in [3.8, 4) is 0 Å². The Morgan fingerprint density at radius 3 is 2.35 bits per heavy atom. The van der Waals surface area contributed by atoms with Crippen LogP contribution >= 0.6 is 0 Å². The van der Waals surface area contributed by atoms with E-state index >= 15 is 0 Å². The zero-order chi connectivity index (χ0) is 13.2. The summed E-state index contributed by atoms with van der Waals surface area (Å²) >= 11 is 0. The number of carbonyl (C=O) groups excluding carboxylic acids is 2. The van der Waals surface area contributed by atoms with Crippen LogP contribution in [0.5, 0.6) is 0 Å². The number of likely N-dealkylation sites (tertiary alicyclic amines) is 1. The van der Waals surface area contributed by atoms with Gasteiger partial charge in [-0.1, -0.05) is 0 Å². The molecule has 0 aliphatic carbocycles. The first kappa shape index (κ1) is 13.5. The largest absolute Gasteiger partial charge is 0.475 e. The van der Waals surface area contributed by atoms with Gasteiger partial charge in [0.15, 0.2) is 0 Å². The molecule has 0 saturated carbocycles. The smallest absolute Gasteiger partial charge is 0.410 e. The van der Waals surface area contributed by atoms with Gasteiger partial charge in [-0.25, -0.2) is 9.59 Å². The van der Waals surface area contributed by atoms with E-state index in [9.17, 15) is 14.4 Å². The number of ether oxygens (including phenoxy) is 1. The highest BCUT2D eigenvalue weighted by molar-refractivity contribution is 6.35. The molecule has 1 fully saturated rings. The second kappa shape index (κ2) is 4.73. The molecule has 0 bridgehead atoms. The van der Waals surface area contributed by atoms with Gasteiger partial charge >= 0.3 is 12.1 Å². The second-order valence-electron chi connectivity index (χ2n) is 5.00. The van der Waals surface area contributed by atoms with Crippen molar-refractivity contribution in [3.63, 3.8) is 0 Å². The molecule has 6 nitrogen and oxygen atoms in total. The van der Waals surface area contributed by atoms with E-state index in [0.717, 1.165) is 0 Å². The van der Waals surface area contributed by atoms with Crippen LogP contribution in [0.3, 0.4) is 0 Å². The average molecular weight is 243 g/mol. The number of nitrogens with zero attached hydrogens (tertiary/aromatic N) is 1. The summed E-state index contributed by atoms with van der Waals surface area (Å²) in [7, 11) is 0. The second-order valence-corrected chi connectivity index (χ2v) is 5.00. The highest BCUT2D eigenvalue weighted by Gasteiger charge is 2.39. The van der Waals surface area contributed by atoms with Crippen LogP contribution in [0, 0.1) is 0 Å². The van der Waals surface area contributed by atoms with Crippen molar-refractivity contribution in [2.75, 3.05) is 6.54 Å². The topological polar surface area (TPSA) is 83.9 Å². The van der Waals surface area contributed by atoms with Crippen molar-refractivity contribution < 1.29 is 24.2 Å². The summed E-state index contributed by atoms with van der Waals surface area (Å²) < 4.78 is 5.12. The van der Waals surface area contributed by atoms with Crippen molar-refractivity contribution in [1.29, 1.82) is 0 Å². The molecule has 1 amide bonds. The maximum absolute atomic E-state index is 11.8. The predicted molar refractivity (Wildman–Crippen MR) is 58.6 cm³/mol. The Bertz CT molecular complexity index is 344. The van der Waals surface area contributed by atoms with E-state index in [2.05, 4.69) is 0 Å². The Labute approximate surface area is 99.5 Å². The van der Waals surface area contributed by atoms with E-state index in [1.807, 2.05) is 0 Å². The molecule has 1 aliphatic heterocycles. The zero-order valence-electron chi connectivity index (χ0n) is 10.2. The molecule has 0 aromatic carbocycles. The molecule has 0 unspecified atom stereocenters. The first-order valence-corrected chi connectivity index (χ1v) is 5.49. The summed E-state index contributed by atoms with van der Waals surface area (Å²) in [5.41, 5.74) is -0.656. The van der Waals surface area contributed by atoms with Crippen molar-refractivity contribution in [3.05, 3.63) is 0 Å². The minimum Gasteiger partial charge on any atom is -0.475 e. The number of ketones is 1. The minimum atomic E-state index is -1.51. The quantitative estimate of drug-likeness (QED) is 0.732. The molecule has 1 heterocycles. The standard InChI is InChI=1S/C11H17NO5/c1-11(2,3)17-10(16)12-6-4-5-7(12)8(13)9(14)15/h7H,4-6H2,1-3H3,(H,14,15)/t7-/m1/s1. The number of aliphatic carboxylic acids is 1. The van der Waals surface area contributed by atoms with E-state index in [1.54, 1.807) is 20.8 Å². The molecule has 0 spiro atoms. The highest BCUT2D eigenvalue weighted by atomic mass is 16.6. The maximum atomic E-state index is 11.8. The van der Waals surface area contributed by atoms with Crippen LogP contribution in [0.1, 0.15) is 33.6 Å². The molecule has 6 heteroatoms. The van der Waals surface area contributed by atoms with E-state index in [4.69, 9.17) is 9.84 Å². The normalized spacial score (nSPS) is 20.2. The lowest BCUT2D eigenvalue weighted by molar-refractivity contribution is -0.151. The molecule has 17 heavy (non-hydrogen) atoms. The lowest BCUT2D eigenvalue weighted by Gasteiger charge is -2.27. The SMILES string of the molecule is CC(C)(C)OC(=O)N1CCC[C@@H]1C(=O)C(=O)O. The molecular formula is C11H17NO5. The number of carboxylic acids is 1. The molecule has 96 valence electrons. The monoisotopic (exact) mass is 243 g/mol. The third-order valence-electron chi connectivity index (χ3n) is 2.39. The van der Waals surface area contributed by atoms with Gasteiger partial charge in [-0.3, -0.25) is 9.69 Å². The van der Waals surface area contributed by atoms with Gasteiger partial charge in [-0.15, -0.1) is 0 Å². The average Bonchev–Trinajstić information content (AvgIpc) is 2.61. The lowest BCUT2D eigenvalue weighted by atomic mass is 10.1. The third kappa shape index (κ3) is 3.44. The van der Waals surface area contributed by atoms with Gasteiger partial charge in [-0.05, 0) is 33.6 Å². The maximum Gasteiger partial charge on any atom is 0.410 e. The molecule has 1 atom stereocenters. The van der Waals surface area contributed by atoms with Crippen LogP contribution < -0.4 is 0 Å². The van der Waals surface area contributed by atoms with Crippen LogP contribution in [0.15, 0.2) is 0 Å². The Morgan fingerprint density at radius 1 is 1.29 bits per heavy atom. The molecule has 0 aromatic heterocycles. The molecule has 1 saturated heterocycles. The highest BCUT2D eigenvalue weighted by Crippen LogP contribution is 2.21. The molecule has 1 aliphatic rings. The number of Topliss-reactive ketones (excluding diaryl/α,β-unsaturated/α-hetero) is 1. The van der Waals surface area contributed by atoms with E-state index in [0.29, 0.717) is 19.4 Å². The van der Waals surface area contributed by atoms with E-state index in [1.165, 1.54) is 4.90 Å². The Balaban J connectivity index is 2.73. The number of amides is 1. The minimum absolute atomic E-state index is 0.360. The number of rotatable bonds is 2. The number of hydrogen-bond acceptors (Lipinski definition) is 4. The summed E-state index contributed by atoms with van der Waals surface area (Å²) in [5, 5.41) is 8.65. The summed E-state index contributed by atoms with van der Waals surface area (Å²) in [4.78, 5) is 34.9. The first-order valence-electron chi connectivity index (χ1n) is 5.49. The Morgan fingerprint density at radius 2 is 1.88 bits per heavy atom. The Hall–Kier alpha value is -1.59. The number of carbonyl (C=O) groups is 3. The summed E-state index contributed by atoms with van der Waals surface area (Å²) in [5.74, 6) is -2.46. The summed E-state index contributed by atoms with van der Waals surface area (Å²) in [6.45, 7) is 5.51. The van der Waals surface area contributed by atoms with Gasteiger partial charge in [0.1, 0.15) is 11.6 Å². The van der Waals surface area contributed by atoms with Gasteiger partial charge in [-0.2, -0.15) is 0 Å². The van der Waals surface area contributed by atoms with Crippen molar-refractivity contribution in [1.82, 2.24) is 4.90 Å². The molecule has 1 rings (SSSR count). The molecule has 1 N–H and O–H groups in total. The van der Waals surface area contributed by atoms with E-state index in [-0.39, 0.29) is 0 Å². The summed E-state index contributed by atoms with van der Waals surface area (Å²) in [6.07, 6.45) is 0.363. The molecule has 0 aromatic rings.